The lowest BCUT2D eigenvalue weighted by atomic mass is 9.79. The predicted molar refractivity (Wildman–Crippen MR) is 118 cm³/mol. The minimum atomic E-state index is -0.304. The molecule has 6 nitrogen and oxygen atoms in total. The fraction of sp³-hybridized carbons (Fsp3) is 0.708. The van der Waals surface area contributed by atoms with Gasteiger partial charge in [0, 0.05) is 37.5 Å². The molecule has 1 fully saturated rings. The van der Waals surface area contributed by atoms with E-state index in [1.165, 1.54) is 11.1 Å². The van der Waals surface area contributed by atoms with E-state index >= 15 is 0 Å². The van der Waals surface area contributed by atoms with Gasteiger partial charge in [0.15, 0.2) is 11.5 Å². The lowest BCUT2D eigenvalue weighted by molar-refractivity contribution is -0.0274. The first-order valence-electron chi connectivity index (χ1n) is 11.3. The summed E-state index contributed by atoms with van der Waals surface area (Å²) in [5.74, 6) is 2.55. The summed E-state index contributed by atoms with van der Waals surface area (Å²) in [5.41, 5.74) is 2.58. The topological polar surface area (TPSA) is 60.0 Å². The SMILES string of the molecule is COc1cc2c(cc1OC)[C@H]1C[C@@H](OC(=O)NC(C)C)[C@H](CCC(C)C)CN1CC2. The van der Waals surface area contributed by atoms with Crippen molar-refractivity contribution in [3.63, 3.8) is 0 Å². The second-order valence-electron chi connectivity index (χ2n) is 9.38. The summed E-state index contributed by atoms with van der Waals surface area (Å²) in [7, 11) is 3.35. The van der Waals surface area contributed by atoms with E-state index in [-0.39, 0.29) is 24.3 Å². The van der Waals surface area contributed by atoms with Crippen molar-refractivity contribution in [1.29, 1.82) is 0 Å². The van der Waals surface area contributed by atoms with Gasteiger partial charge in [-0.15, -0.1) is 0 Å². The van der Waals surface area contributed by atoms with Gasteiger partial charge in [-0.2, -0.15) is 0 Å². The van der Waals surface area contributed by atoms with Crippen LogP contribution in [0, 0.1) is 11.8 Å². The van der Waals surface area contributed by atoms with Gasteiger partial charge in [0.05, 0.1) is 14.2 Å². The molecule has 0 aliphatic carbocycles. The van der Waals surface area contributed by atoms with Crippen LogP contribution in [0.4, 0.5) is 4.79 Å². The minimum Gasteiger partial charge on any atom is -0.493 e. The van der Waals surface area contributed by atoms with Crippen molar-refractivity contribution in [2.45, 2.75) is 71.6 Å². The second kappa shape index (κ2) is 9.90. The molecule has 3 rings (SSSR count). The molecule has 2 aliphatic rings. The van der Waals surface area contributed by atoms with Crippen LogP contribution in [0.5, 0.6) is 11.5 Å². The molecule has 0 bridgehead atoms. The first-order valence-corrected chi connectivity index (χ1v) is 11.3. The number of nitrogens with zero attached hydrogens (tertiary/aromatic N) is 1. The number of ether oxygens (including phenoxy) is 3. The third-order valence-electron chi connectivity index (χ3n) is 6.34. The van der Waals surface area contributed by atoms with E-state index in [1.807, 2.05) is 13.8 Å². The maximum Gasteiger partial charge on any atom is 0.407 e. The van der Waals surface area contributed by atoms with Crippen molar-refractivity contribution in [2.24, 2.45) is 11.8 Å². The van der Waals surface area contributed by atoms with Crippen molar-refractivity contribution < 1.29 is 19.0 Å². The van der Waals surface area contributed by atoms with Gasteiger partial charge in [0.25, 0.3) is 0 Å². The lowest BCUT2D eigenvalue weighted by Crippen LogP contribution is -2.50. The van der Waals surface area contributed by atoms with Crippen LogP contribution in [0.3, 0.4) is 0 Å². The molecule has 0 aromatic heterocycles. The Labute approximate surface area is 181 Å². The van der Waals surface area contributed by atoms with E-state index in [0.29, 0.717) is 11.8 Å². The van der Waals surface area contributed by atoms with Crippen LogP contribution >= 0.6 is 0 Å². The average Bonchev–Trinajstić information content (AvgIpc) is 2.70. The fourth-order valence-corrected chi connectivity index (χ4v) is 4.78. The number of benzene rings is 1. The number of hydrogen-bond acceptors (Lipinski definition) is 5. The largest absolute Gasteiger partial charge is 0.493 e. The monoisotopic (exact) mass is 418 g/mol. The quantitative estimate of drug-likeness (QED) is 0.703. The van der Waals surface area contributed by atoms with Crippen LogP contribution in [0.25, 0.3) is 0 Å². The van der Waals surface area contributed by atoms with E-state index in [2.05, 4.69) is 36.2 Å². The van der Waals surface area contributed by atoms with Crippen LogP contribution in [0.2, 0.25) is 0 Å². The molecule has 3 atom stereocenters. The molecule has 6 heteroatoms. The summed E-state index contributed by atoms with van der Waals surface area (Å²) in [5, 5.41) is 2.89. The van der Waals surface area contributed by atoms with Crippen molar-refractivity contribution >= 4 is 6.09 Å². The highest BCUT2D eigenvalue weighted by molar-refractivity contribution is 5.67. The summed E-state index contributed by atoms with van der Waals surface area (Å²) in [6, 6.07) is 4.53. The Hall–Kier alpha value is -1.95. The van der Waals surface area contributed by atoms with Gasteiger partial charge in [-0.1, -0.05) is 20.3 Å². The van der Waals surface area contributed by atoms with Crippen molar-refractivity contribution in [1.82, 2.24) is 10.2 Å². The summed E-state index contributed by atoms with van der Waals surface area (Å²) >= 11 is 0. The number of amides is 1. The van der Waals surface area contributed by atoms with Gasteiger partial charge in [0.1, 0.15) is 6.10 Å². The normalized spacial score (nSPS) is 23.7. The summed E-state index contributed by atoms with van der Waals surface area (Å²) in [4.78, 5) is 15.0. The minimum absolute atomic E-state index is 0.0684. The number of alkyl carbamates (subject to hydrolysis) is 1. The predicted octanol–water partition coefficient (Wildman–Crippen LogP) is 4.56. The van der Waals surface area contributed by atoms with Gasteiger partial charge in [-0.25, -0.2) is 4.79 Å². The third kappa shape index (κ3) is 5.20. The number of nitrogens with one attached hydrogen (secondary N) is 1. The molecule has 30 heavy (non-hydrogen) atoms. The molecule has 2 aliphatic heterocycles. The van der Waals surface area contributed by atoms with Gasteiger partial charge in [0.2, 0.25) is 0 Å². The van der Waals surface area contributed by atoms with Gasteiger partial charge >= 0.3 is 6.09 Å². The summed E-state index contributed by atoms with van der Waals surface area (Å²) in [6.07, 6.45) is 3.67. The Kier molecular flexibility index (Phi) is 7.50. The Bertz CT molecular complexity index is 734. The number of methoxy groups -OCH3 is 2. The number of fused-ring (bicyclic) bond motifs is 3. The van der Waals surface area contributed by atoms with Crippen LogP contribution in [-0.4, -0.2) is 50.4 Å². The zero-order valence-corrected chi connectivity index (χ0v) is 19.4. The van der Waals surface area contributed by atoms with Crippen LogP contribution < -0.4 is 14.8 Å². The van der Waals surface area contributed by atoms with Gasteiger partial charge < -0.3 is 19.5 Å². The van der Waals surface area contributed by atoms with E-state index in [0.717, 1.165) is 50.3 Å². The van der Waals surface area contributed by atoms with E-state index in [4.69, 9.17) is 14.2 Å². The first kappa shape index (κ1) is 22.7. The average molecular weight is 419 g/mol. The standard InChI is InChI=1S/C24H38N2O4/c1-15(2)7-8-18-14-26-10-9-17-11-22(28-5)23(29-6)12-19(17)20(26)13-21(18)30-24(27)25-16(3)4/h11-12,15-16,18,20-21H,7-10,13-14H2,1-6H3,(H,25,27)/t18-,20-,21-/m1/s1. The van der Waals surface area contributed by atoms with Crippen LogP contribution in [0.1, 0.15) is 64.1 Å². The molecule has 1 amide bonds. The Morgan fingerprint density at radius 3 is 2.50 bits per heavy atom. The molecule has 168 valence electrons. The van der Waals surface area contributed by atoms with E-state index < -0.39 is 0 Å². The van der Waals surface area contributed by atoms with E-state index in [1.54, 1.807) is 14.2 Å². The zero-order chi connectivity index (χ0) is 21.8. The smallest absolute Gasteiger partial charge is 0.407 e. The molecule has 1 N–H and O–H groups in total. The molecule has 2 heterocycles. The molecule has 1 saturated heterocycles. The lowest BCUT2D eigenvalue weighted by Gasteiger charge is -2.47. The Balaban J connectivity index is 1.84. The molecule has 0 spiro atoms. The molecule has 0 radical (unpaired) electrons. The van der Waals surface area contributed by atoms with Crippen molar-refractivity contribution in [3.05, 3.63) is 23.3 Å². The fourth-order valence-electron chi connectivity index (χ4n) is 4.78. The first-order chi connectivity index (χ1) is 14.3. The Morgan fingerprint density at radius 2 is 1.87 bits per heavy atom. The number of piperidine rings is 1. The summed E-state index contributed by atoms with van der Waals surface area (Å²) < 4.78 is 17.0. The molecular weight excluding hydrogens is 380 g/mol. The summed E-state index contributed by atoms with van der Waals surface area (Å²) in [6.45, 7) is 10.4. The number of rotatable bonds is 7. The molecular formula is C24H38N2O4. The van der Waals surface area contributed by atoms with Crippen molar-refractivity contribution in [3.8, 4) is 11.5 Å². The van der Waals surface area contributed by atoms with Gasteiger partial charge in [-0.3, -0.25) is 4.90 Å². The number of carbonyl (C=O) groups excluding carboxylic acids is 1. The zero-order valence-electron chi connectivity index (χ0n) is 19.4. The number of carbonyl (C=O) groups is 1. The van der Waals surface area contributed by atoms with Crippen molar-refractivity contribution in [2.75, 3.05) is 27.3 Å². The van der Waals surface area contributed by atoms with E-state index in [9.17, 15) is 4.79 Å². The maximum atomic E-state index is 12.4. The van der Waals surface area contributed by atoms with Crippen LogP contribution in [-0.2, 0) is 11.2 Å². The molecule has 1 aromatic carbocycles. The highest BCUT2D eigenvalue weighted by atomic mass is 16.6. The highest BCUT2D eigenvalue weighted by Gasteiger charge is 2.41. The number of hydrogen-bond donors (Lipinski definition) is 1. The maximum absolute atomic E-state index is 12.4. The van der Waals surface area contributed by atoms with Gasteiger partial charge in [-0.05, 0) is 55.9 Å². The Morgan fingerprint density at radius 1 is 1.17 bits per heavy atom. The third-order valence-corrected chi connectivity index (χ3v) is 6.34. The molecule has 1 aromatic rings. The molecule has 0 unspecified atom stereocenters. The highest BCUT2D eigenvalue weighted by Crippen LogP contribution is 2.44. The molecule has 0 saturated carbocycles. The second-order valence-corrected chi connectivity index (χ2v) is 9.38. The van der Waals surface area contributed by atoms with Crippen LogP contribution in [0.15, 0.2) is 12.1 Å².